The molecule has 2 nitrogen and oxygen atoms in total. The van der Waals surface area contributed by atoms with Gasteiger partial charge in [0.05, 0.1) is 0 Å². The van der Waals surface area contributed by atoms with Crippen LogP contribution >= 0.6 is 0 Å². The molecule has 2 unspecified atom stereocenters. The standard InChI is InChI=1S/C18H30N2/c1-5-9-19-18-8-6-7-16(18)13-20(4)17-11-14(2)10-15(3)12-17/h10-12,16,18-19H,5-9,13H2,1-4H3. The number of benzene rings is 1. The Morgan fingerprint density at radius 3 is 2.50 bits per heavy atom. The minimum absolute atomic E-state index is 0.725. The van der Waals surface area contributed by atoms with Gasteiger partial charge in [0.1, 0.15) is 0 Å². The van der Waals surface area contributed by atoms with Crippen LogP contribution in [-0.2, 0) is 0 Å². The normalized spacial score (nSPS) is 22.2. The van der Waals surface area contributed by atoms with Crippen molar-refractivity contribution in [2.45, 2.75) is 52.5 Å². The van der Waals surface area contributed by atoms with Gasteiger partial charge in [-0.3, -0.25) is 0 Å². The minimum atomic E-state index is 0.725. The molecule has 2 heteroatoms. The first kappa shape index (κ1) is 15.4. The van der Waals surface area contributed by atoms with Gasteiger partial charge in [-0.15, -0.1) is 0 Å². The summed E-state index contributed by atoms with van der Waals surface area (Å²) in [5.41, 5.74) is 4.08. The molecule has 1 aromatic carbocycles. The monoisotopic (exact) mass is 274 g/mol. The lowest BCUT2D eigenvalue weighted by molar-refractivity contribution is 0.403. The summed E-state index contributed by atoms with van der Waals surface area (Å²) in [4.78, 5) is 2.44. The van der Waals surface area contributed by atoms with E-state index in [2.05, 4.69) is 56.2 Å². The number of hydrogen-bond donors (Lipinski definition) is 1. The second-order valence-corrected chi connectivity index (χ2v) is 6.48. The van der Waals surface area contributed by atoms with Crippen LogP contribution in [0.3, 0.4) is 0 Å². The number of anilines is 1. The molecule has 112 valence electrons. The average molecular weight is 274 g/mol. The molecule has 1 fully saturated rings. The third kappa shape index (κ3) is 3.99. The Hall–Kier alpha value is -1.02. The molecule has 20 heavy (non-hydrogen) atoms. The van der Waals surface area contributed by atoms with Gasteiger partial charge in [-0.2, -0.15) is 0 Å². The fourth-order valence-corrected chi connectivity index (χ4v) is 3.48. The van der Waals surface area contributed by atoms with Crippen LogP contribution in [0, 0.1) is 19.8 Å². The Morgan fingerprint density at radius 2 is 1.85 bits per heavy atom. The van der Waals surface area contributed by atoms with E-state index in [1.807, 2.05) is 0 Å². The fraction of sp³-hybridized carbons (Fsp3) is 0.667. The zero-order valence-corrected chi connectivity index (χ0v) is 13.6. The molecule has 0 spiro atoms. The Balaban J connectivity index is 1.97. The molecule has 1 aliphatic rings. The Bertz CT molecular complexity index is 407. The highest BCUT2D eigenvalue weighted by atomic mass is 15.1. The van der Waals surface area contributed by atoms with Crippen LogP contribution in [0.25, 0.3) is 0 Å². The molecular formula is C18H30N2. The van der Waals surface area contributed by atoms with E-state index in [-0.39, 0.29) is 0 Å². The van der Waals surface area contributed by atoms with E-state index in [0.29, 0.717) is 0 Å². The van der Waals surface area contributed by atoms with Crippen LogP contribution in [0.5, 0.6) is 0 Å². The van der Waals surface area contributed by atoms with Crippen molar-refractivity contribution >= 4 is 5.69 Å². The quantitative estimate of drug-likeness (QED) is 0.846. The van der Waals surface area contributed by atoms with Gasteiger partial charge in [-0.1, -0.05) is 19.4 Å². The maximum atomic E-state index is 3.73. The number of rotatable bonds is 6. The fourth-order valence-electron chi connectivity index (χ4n) is 3.48. The van der Waals surface area contributed by atoms with E-state index in [0.717, 1.165) is 18.5 Å². The van der Waals surface area contributed by atoms with Crippen molar-refractivity contribution in [3.05, 3.63) is 29.3 Å². The summed E-state index contributed by atoms with van der Waals surface area (Å²) in [6.45, 7) is 8.95. The Labute approximate surface area is 124 Å². The highest BCUT2D eigenvalue weighted by molar-refractivity contribution is 5.50. The number of nitrogens with zero attached hydrogens (tertiary/aromatic N) is 1. The lowest BCUT2D eigenvalue weighted by Gasteiger charge is -2.28. The highest BCUT2D eigenvalue weighted by Crippen LogP contribution is 2.28. The molecule has 2 rings (SSSR count). The lowest BCUT2D eigenvalue weighted by Crippen LogP contribution is -2.38. The summed E-state index contributed by atoms with van der Waals surface area (Å²) >= 11 is 0. The summed E-state index contributed by atoms with van der Waals surface area (Å²) in [7, 11) is 2.24. The molecule has 1 saturated carbocycles. The van der Waals surface area contributed by atoms with E-state index in [1.165, 1.54) is 49.0 Å². The summed E-state index contributed by atoms with van der Waals surface area (Å²) in [6, 6.07) is 7.58. The van der Waals surface area contributed by atoms with Gasteiger partial charge in [0.2, 0.25) is 0 Å². The maximum Gasteiger partial charge on any atom is 0.0369 e. The molecule has 0 amide bonds. The molecule has 0 radical (unpaired) electrons. The van der Waals surface area contributed by atoms with Gasteiger partial charge in [-0.25, -0.2) is 0 Å². The first-order valence-corrected chi connectivity index (χ1v) is 8.13. The van der Waals surface area contributed by atoms with Crippen molar-refractivity contribution in [3.8, 4) is 0 Å². The van der Waals surface area contributed by atoms with Crippen LogP contribution in [-0.4, -0.2) is 26.2 Å². The zero-order chi connectivity index (χ0) is 14.5. The van der Waals surface area contributed by atoms with E-state index in [4.69, 9.17) is 0 Å². The predicted octanol–water partition coefficient (Wildman–Crippen LogP) is 3.91. The van der Waals surface area contributed by atoms with E-state index in [9.17, 15) is 0 Å². The van der Waals surface area contributed by atoms with Crippen LogP contribution < -0.4 is 10.2 Å². The first-order valence-electron chi connectivity index (χ1n) is 8.13. The second kappa shape index (κ2) is 7.12. The first-order chi connectivity index (χ1) is 9.60. The molecule has 0 aromatic heterocycles. The van der Waals surface area contributed by atoms with Gasteiger partial charge in [0.15, 0.2) is 0 Å². The summed E-state index contributed by atoms with van der Waals surface area (Å²) in [5.74, 6) is 0.798. The van der Waals surface area contributed by atoms with E-state index in [1.54, 1.807) is 0 Å². The number of aryl methyl sites for hydroxylation is 2. The largest absolute Gasteiger partial charge is 0.374 e. The number of hydrogen-bond acceptors (Lipinski definition) is 2. The van der Waals surface area contributed by atoms with Crippen LogP contribution in [0.4, 0.5) is 5.69 Å². The molecule has 0 bridgehead atoms. The third-order valence-electron chi connectivity index (χ3n) is 4.47. The summed E-state index contributed by atoms with van der Waals surface area (Å²) < 4.78 is 0. The van der Waals surface area contributed by atoms with Crippen LogP contribution in [0.2, 0.25) is 0 Å². The second-order valence-electron chi connectivity index (χ2n) is 6.48. The van der Waals surface area contributed by atoms with Crippen molar-refractivity contribution in [3.63, 3.8) is 0 Å². The summed E-state index contributed by atoms with van der Waals surface area (Å²) in [5, 5.41) is 3.73. The SMILES string of the molecule is CCCNC1CCCC1CN(C)c1cc(C)cc(C)c1. The maximum absolute atomic E-state index is 3.73. The Kier molecular flexibility index (Phi) is 5.47. The average Bonchev–Trinajstić information content (AvgIpc) is 2.82. The topological polar surface area (TPSA) is 15.3 Å². The van der Waals surface area contributed by atoms with Gasteiger partial charge in [-0.05, 0) is 68.8 Å². The van der Waals surface area contributed by atoms with Crippen molar-refractivity contribution in [1.82, 2.24) is 5.32 Å². The van der Waals surface area contributed by atoms with Crippen molar-refractivity contribution < 1.29 is 0 Å². The molecule has 2 atom stereocenters. The zero-order valence-electron chi connectivity index (χ0n) is 13.6. The molecule has 0 saturated heterocycles. The molecular weight excluding hydrogens is 244 g/mol. The molecule has 0 heterocycles. The molecule has 1 aromatic rings. The molecule has 1 aliphatic carbocycles. The van der Waals surface area contributed by atoms with Crippen LogP contribution in [0.15, 0.2) is 18.2 Å². The number of nitrogens with one attached hydrogen (secondary N) is 1. The lowest BCUT2D eigenvalue weighted by atomic mass is 10.0. The minimum Gasteiger partial charge on any atom is -0.374 e. The predicted molar refractivity (Wildman–Crippen MR) is 88.6 cm³/mol. The molecule has 0 aliphatic heterocycles. The van der Waals surface area contributed by atoms with E-state index < -0.39 is 0 Å². The smallest absolute Gasteiger partial charge is 0.0369 e. The van der Waals surface area contributed by atoms with E-state index >= 15 is 0 Å². The summed E-state index contributed by atoms with van der Waals surface area (Å²) in [6.07, 6.45) is 5.34. The van der Waals surface area contributed by atoms with Crippen LogP contribution in [0.1, 0.15) is 43.7 Å². The van der Waals surface area contributed by atoms with Crippen molar-refractivity contribution in [2.24, 2.45) is 5.92 Å². The Morgan fingerprint density at radius 1 is 1.15 bits per heavy atom. The van der Waals surface area contributed by atoms with Gasteiger partial charge >= 0.3 is 0 Å². The van der Waals surface area contributed by atoms with Crippen molar-refractivity contribution in [1.29, 1.82) is 0 Å². The third-order valence-corrected chi connectivity index (χ3v) is 4.47. The van der Waals surface area contributed by atoms with Gasteiger partial charge in [0.25, 0.3) is 0 Å². The van der Waals surface area contributed by atoms with Gasteiger partial charge < -0.3 is 10.2 Å². The molecule has 1 N–H and O–H groups in total. The highest BCUT2D eigenvalue weighted by Gasteiger charge is 2.27. The van der Waals surface area contributed by atoms with Gasteiger partial charge in [0, 0.05) is 25.3 Å². The van der Waals surface area contributed by atoms with Crippen molar-refractivity contribution in [2.75, 3.05) is 25.0 Å².